The van der Waals surface area contributed by atoms with Gasteiger partial charge in [0.05, 0.1) is 17.8 Å². The van der Waals surface area contributed by atoms with Gasteiger partial charge in [0.25, 0.3) is 5.56 Å². The Morgan fingerprint density at radius 1 is 1.31 bits per heavy atom. The van der Waals surface area contributed by atoms with Crippen molar-refractivity contribution in [3.05, 3.63) is 85.2 Å². The summed E-state index contributed by atoms with van der Waals surface area (Å²) in [6, 6.07) is 9.52. The molecule has 0 saturated heterocycles. The van der Waals surface area contributed by atoms with Crippen molar-refractivity contribution in [1.29, 1.82) is 0 Å². The summed E-state index contributed by atoms with van der Waals surface area (Å²) in [6.07, 6.45) is 4.40. The number of halogens is 1. The van der Waals surface area contributed by atoms with Crippen molar-refractivity contribution in [2.75, 3.05) is 0 Å². The van der Waals surface area contributed by atoms with Crippen molar-refractivity contribution in [2.24, 2.45) is 5.92 Å². The first-order valence-corrected chi connectivity index (χ1v) is 12.3. The fourth-order valence-corrected chi connectivity index (χ4v) is 6.41. The summed E-state index contributed by atoms with van der Waals surface area (Å²) in [4.78, 5) is 33.6. The molecule has 0 spiro atoms. The van der Waals surface area contributed by atoms with Gasteiger partial charge in [0.15, 0.2) is 0 Å². The third kappa shape index (κ3) is 4.00. The molecule has 5 nitrogen and oxygen atoms in total. The first-order valence-electron chi connectivity index (χ1n) is 10.6. The molecule has 2 unspecified atom stereocenters. The molecule has 32 heavy (non-hydrogen) atoms. The van der Waals surface area contributed by atoms with Crippen LogP contribution in [-0.2, 0) is 24.2 Å². The number of fused-ring (bicyclic) bond motifs is 3. The van der Waals surface area contributed by atoms with Crippen LogP contribution in [0.5, 0.6) is 0 Å². The highest BCUT2D eigenvalue weighted by Gasteiger charge is 2.24. The molecule has 0 fully saturated rings. The van der Waals surface area contributed by atoms with Gasteiger partial charge in [-0.25, -0.2) is 9.37 Å². The predicted molar refractivity (Wildman–Crippen MR) is 126 cm³/mol. The Labute approximate surface area is 192 Å². The maximum Gasteiger partial charge on any atom is 0.262 e. The van der Waals surface area contributed by atoms with E-state index in [0.29, 0.717) is 11.3 Å². The minimum absolute atomic E-state index is 0.119. The van der Waals surface area contributed by atoms with Gasteiger partial charge in [-0.05, 0) is 59.9 Å². The number of benzene rings is 1. The average molecular weight is 468 g/mol. The lowest BCUT2D eigenvalue weighted by Gasteiger charge is -2.19. The molecular formula is C24H22FN3O2S2. The second-order valence-corrected chi connectivity index (χ2v) is 10.3. The van der Waals surface area contributed by atoms with E-state index in [4.69, 9.17) is 0 Å². The van der Waals surface area contributed by atoms with E-state index >= 15 is 0 Å². The van der Waals surface area contributed by atoms with Crippen molar-refractivity contribution in [3.63, 3.8) is 0 Å². The number of aromatic nitrogens is 2. The van der Waals surface area contributed by atoms with Crippen LogP contribution in [0.2, 0.25) is 0 Å². The number of rotatable bonds is 5. The zero-order valence-corrected chi connectivity index (χ0v) is 19.1. The van der Waals surface area contributed by atoms with Crippen molar-refractivity contribution < 1.29 is 9.18 Å². The number of hydrogen-bond acceptors (Lipinski definition) is 5. The maximum absolute atomic E-state index is 13.4. The molecule has 0 aliphatic heterocycles. The highest BCUT2D eigenvalue weighted by Crippen LogP contribution is 2.35. The van der Waals surface area contributed by atoms with Crippen LogP contribution >= 0.6 is 22.7 Å². The van der Waals surface area contributed by atoms with Crippen LogP contribution in [0, 0.1) is 11.7 Å². The Balaban J connectivity index is 1.42. The molecule has 3 heterocycles. The van der Waals surface area contributed by atoms with Crippen LogP contribution in [0.4, 0.5) is 4.39 Å². The molecule has 1 amide bonds. The largest absolute Gasteiger partial charge is 0.343 e. The summed E-state index contributed by atoms with van der Waals surface area (Å²) in [7, 11) is 0. The first kappa shape index (κ1) is 21.0. The molecule has 0 saturated carbocycles. The van der Waals surface area contributed by atoms with E-state index in [-0.39, 0.29) is 23.8 Å². The lowest BCUT2D eigenvalue weighted by molar-refractivity contribution is -0.122. The summed E-state index contributed by atoms with van der Waals surface area (Å²) in [5, 5.41) is 5.60. The number of amides is 1. The number of nitrogens with one attached hydrogen (secondary N) is 1. The zero-order valence-electron chi connectivity index (χ0n) is 17.5. The molecule has 4 aromatic rings. The molecule has 1 N–H and O–H groups in total. The summed E-state index contributed by atoms with van der Waals surface area (Å²) >= 11 is 3.11. The number of nitrogens with zero attached hydrogens (tertiary/aromatic N) is 2. The lowest BCUT2D eigenvalue weighted by atomic mass is 9.89. The number of thiophene rings is 2. The second-order valence-electron chi connectivity index (χ2n) is 8.28. The Hall–Kier alpha value is -2.84. The van der Waals surface area contributed by atoms with Gasteiger partial charge in [0, 0.05) is 9.75 Å². The van der Waals surface area contributed by atoms with Gasteiger partial charge in [-0.1, -0.05) is 25.1 Å². The Morgan fingerprint density at radius 2 is 2.12 bits per heavy atom. The van der Waals surface area contributed by atoms with Gasteiger partial charge < -0.3 is 5.32 Å². The minimum Gasteiger partial charge on any atom is -0.343 e. The molecule has 8 heteroatoms. The van der Waals surface area contributed by atoms with Gasteiger partial charge in [-0.15, -0.1) is 22.7 Å². The van der Waals surface area contributed by atoms with E-state index < -0.39 is 6.04 Å². The highest BCUT2D eigenvalue weighted by atomic mass is 32.1. The molecular weight excluding hydrogens is 445 g/mol. The normalized spacial score (nSPS) is 16.6. The van der Waals surface area contributed by atoms with E-state index in [1.165, 1.54) is 39.2 Å². The van der Waals surface area contributed by atoms with Crippen LogP contribution in [-0.4, -0.2) is 15.5 Å². The second kappa shape index (κ2) is 8.60. The molecule has 1 aliphatic carbocycles. The molecule has 3 aromatic heterocycles. The van der Waals surface area contributed by atoms with Gasteiger partial charge >= 0.3 is 0 Å². The van der Waals surface area contributed by atoms with E-state index in [1.54, 1.807) is 23.5 Å². The quantitative estimate of drug-likeness (QED) is 0.463. The summed E-state index contributed by atoms with van der Waals surface area (Å²) in [5.74, 6) is -0.0117. The molecule has 1 aliphatic rings. The summed E-state index contributed by atoms with van der Waals surface area (Å²) in [6.45, 7) is 2.11. The molecule has 0 bridgehead atoms. The van der Waals surface area contributed by atoms with Crippen molar-refractivity contribution in [1.82, 2.24) is 14.9 Å². The standard InChI is InChI=1S/C24H22FN3O2S2/c1-14-4-9-17-19(11-14)32-23-21(17)24(30)28(13-26-23)12-20(29)27-22(18-3-2-10-31-18)15-5-7-16(25)8-6-15/h2-3,5-8,10,13-14,22H,4,9,11-12H2,1H3,(H,27,29). The fourth-order valence-electron chi connectivity index (χ4n) is 4.27. The van der Waals surface area contributed by atoms with Gasteiger partial charge in [-0.2, -0.15) is 0 Å². The van der Waals surface area contributed by atoms with E-state index in [9.17, 15) is 14.0 Å². The number of carbonyl (C=O) groups is 1. The Bertz CT molecular complexity index is 1330. The SMILES string of the molecule is CC1CCc2c(sc3ncn(CC(=O)NC(c4ccc(F)cc4)c4cccs4)c(=O)c23)C1. The lowest BCUT2D eigenvalue weighted by Crippen LogP contribution is -2.35. The number of carbonyl (C=O) groups excluding carboxylic acids is 1. The van der Waals surface area contributed by atoms with Gasteiger partial charge in [0.2, 0.25) is 5.91 Å². The van der Waals surface area contributed by atoms with Gasteiger partial charge in [0.1, 0.15) is 17.2 Å². The average Bonchev–Trinajstić information content (AvgIpc) is 3.42. The van der Waals surface area contributed by atoms with Crippen LogP contribution in [0.3, 0.4) is 0 Å². The smallest absolute Gasteiger partial charge is 0.262 e. The molecule has 164 valence electrons. The fraction of sp³-hybridized carbons (Fsp3) is 0.292. The van der Waals surface area contributed by atoms with Crippen LogP contribution in [0.25, 0.3) is 10.2 Å². The predicted octanol–water partition coefficient (Wildman–Crippen LogP) is 4.69. The van der Waals surface area contributed by atoms with Crippen molar-refractivity contribution in [2.45, 2.75) is 38.8 Å². The van der Waals surface area contributed by atoms with E-state index in [1.807, 2.05) is 17.5 Å². The molecule has 5 rings (SSSR count). The zero-order chi connectivity index (χ0) is 22.2. The molecule has 1 aromatic carbocycles. The number of aryl methyl sites for hydroxylation is 1. The minimum atomic E-state index is -0.411. The van der Waals surface area contributed by atoms with E-state index in [2.05, 4.69) is 17.2 Å². The van der Waals surface area contributed by atoms with Crippen LogP contribution < -0.4 is 10.9 Å². The third-order valence-corrected chi connectivity index (χ3v) is 8.03. The first-order chi connectivity index (χ1) is 15.5. The third-order valence-electron chi connectivity index (χ3n) is 5.93. The van der Waals surface area contributed by atoms with E-state index in [0.717, 1.165) is 40.1 Å². The van der Waals surface area contributed by atoms with Crippen molar-refractivity contribution >= 4 is 38.8 Å². The summed E-state index contributed by atoms with van der Waals surface area (Å²) < 4.78 is 14.8. The summed E-state index contributed by atoms with van der Waals surface area (Å²) in [5.41, 5.74) is 1.73. The highest BCUT2D eigenvalue weighted by molar-refractivity contribution is 7.18. The molecule has 0 radical (unpaired) electrons. The monoisotopic (exact) mass is 467 g/mol. The molecule has 2 atom stereocenters. The Morgan fingerprint density at radius 3 is 2.88 bits per heavy atom. The van der Waals surface area contributed by atoms with Crippen LogP contribution in [0.1, 0.15) is 40.3 Å². The topological polar surface area (TPSA) is 64.0 Å². The van der Waals surface area contributed by atoms with Gasteiger partial charge in [-0.3, -0.25) is 14.2 Å². The van der Waals surface area contributed by atoms with Crippen LogP contribution in [0.15, 0.2) is 52.9 Å². The van der Waals surface area contributed by atoms with Crippen molar-refractivity contribution in [3.8, 4) is 0 Å². The maximum atomic E-state index is 13.4. The Kier molecular flexibility index (Phi) is 5.65. The number of hydrogen-bond donors (Lipinski definition) is 1.